The van der Waals surface area contributed by atoms with Gasteiger partial charge in [-0.15, -0.1) is 0 Å². The summed E-state index contributed by atoms with van der Waals surface area (Å²) in [6.07, 6.45) is 0. The Morgan fingerprint density at radius 3 is 2.50 bits per heavy atom. The van der Waals surface area contributed by atoms with E-state index in [0.29, 0.717) is 56.6 Å². The predicted octanol–water partition coefficient (Wildman–Crippen LogP) is 0.916. The molecule has 1 aromatic rings. The van der Waals surface area contributed by atoms with Gasteiger partial charge in [0.25, 0.3) is 0 Å². The van der Waals surface area contributed by atoms with Crippen molar-refractivity contribution in [1.82, 2.24) is 4.90 Å². The first-order chi connectivity index (χ1) is 9.75. The smallest absolute Gasteiger partial charge is 0.325 e. The Morgan fingerprint density at radius 2 is 1.80 bits per heavy atom. The Hall–Kier alpha value is -1.79. The molecule has 1 N–H and O–H groups in total. The first-order valence-corrected chi connectivity index (χ1v) is 6.70. The van der Waals surface area contributed by atoms with Gasteiger partial charge in [0.1, 0.15) is 19.3 Å². The summed E-state index contributed by atoms with van der Waals surface area (Å²) in [5, 5.41) is 9.53. The van der Waals surface area contributed by atoms with Crippen LogP contribution in [0.2, 0.25) is 0 Å². The van der Waals surface area contributed by atoms with Crippen molar-refractivity contribution >= 4 is 5.97 Å². The molecule has 0 bridgehead atoms. The SMILES string of the molecule is O=C(O)C(c1ccc2c(c1)OCCO2)N1CCOCC1. The second kappa shape index (κ2) is 5.68. The number of carbonyl (C=O) groups is 1. The number of fused-ring (bicyclic) bond motifs is 1. The highest BCUT2D eigenvalue weighted by Crippen LogP contribution is 2.34. The topological polar surface area (TPSA) is 68.2 Å². The van der Waals surface area contributed by atoms with Gasteiger partial charge < -0.3 is 19.3 Å². The molecule has 6 heteroatoms. The van der Waals surface area contributed by atoms with Crippen molar-refractivity contribution in [1.29, 1.82) is 0 Å². The third kappa shape index (κ3) is 2.57. The third-order valence-corrected chi connectivity index (χ3v) is 3.53. The molecule has 2 heterocycles. The average Bonchev–Trinajstić information content (AvgIpc) is 2.48. The van der Waals surface area contributed by atoms with Crippen molar-refractivity contribution in [3.8, 4) is 11.5 Å². The fraction of sp³-hybridized carbons (Fsp3) is 0.500. The molecular weight excluding hydrogens is 262 g/mol. The van der Waals surface area contributed by atoms with Crippen molar-refractivity contribution in [2.24, 2.45) is 0 Å². The summed E-state index contributed by atoms with van der Waals surface area (Å²) < 4.78 is 16.3. The third-order valence-electron chi connectivity index (χ3n) is 3.53. The van der Waals surface area contributed by atoms with Crippen LogP contribution in [0.15, 0.2) is 18.2 Å². The number of carboxylic acid groups (broad SMARTS) is 1. The monoisotopic (exact) mass is 279 g/mol. The van der Waals surface area contributed by atoms with Crippen LogP contribution in [0, 0.1) is 0 Å². The van der Waals surface area contributed by atoms with Crippen LogP contribution in [0.4, 0.5) is 0 Å². The zero-order valence-electron chi connectivity index (χ0n) is 11.1. The van der Waals surface area contributed by atoms with E-state index in [1.807, 2.05) is 4.90 Å². The van der Waals surface area contributed by atoms with Gasteiger partial charge >= 0.3 is 5.97 Å². The van der Waals surface area contributed by atoms with Crippen molar-refractivity contribution in [3.05, 3.63) is 23.8 Å². The van der Waals surface area contributed by atoms with Crippen LogP contribution in [0.3, 0.4) is 0 Å². The minimum Gasteiger partial charge on any atom is -0.486 e. The van der Waals surface area contributed by atoms with Crippen LogP contribution in [-0.2, 0) is 9.53 Å². The van der Waals surface area contributed by atoms with E-state index in [9.17, 15) is 9.90 Å². The second-order valence-corrected chi connectivity index (χ2v) is 4.79. The number of carboxylic acids is 1. The molecule has 6 nitrogen and oxygen atoms in total. The summed E-state index contributed by atoms with van der Waals surface area (Å²) in [6, 6.07) is 4.67. The number of benzene rings is 1. The molecule has 1 fully saturated rings. The van der Waals surface area contributed by atoms with Crippen molar-refractivity contribution in [3.63, 3.8) is 0 Å². The fourth-order valence-corrected chi connectivity index (χ4v) is 2.58. The molecule has 1 unspecified atom stereocenters. The van der Waals surface area contributed by atoms with E-state index in [4.69, 9.17) is 14.2 Å². The maximum atomic E-state index is 11.6. The molecule has 1 aromatic carbocycles. The predicted molar refractivity (Wildman–Crippen MR) is 70.2 cm³/mol. The molecule has 2 aliphatic heterocycles. The van der Waals surface area contributed by atoms with Gasteiger partial charge in [0.2, 0.25) is 0 Å². The largest absolute Gasteiger partial charge is 0.486 e. The van der Waals surface area contributed by atoms with Crippen LogP contribution in [0.25, 0.3) is 0 Å². The lowest BCUT2D eigenvalue weighted by atomic mass is 10.0. The molecule has 2 aliphatic rings. The number of ether oxygens (including phenoxy) is 3. The zero-order valence-corrected chi connectivity index (χ0v) is 11.1. The Morgan fingerprint density at radius 1 is 1.10 bits per heavy atom. The fourth-order valence-electron chi connectivity index (χ4n) is 2.58. The highest BCUT2D eigenvalue weighted by atomic mass is 16.6. The molecule has 3 rings (SSSR count). The normalized spacial score (nSPS) is 20.4. The van der Waals surface area contributed by atoms with Gasteiger partial charge in [-0.2, -0.15) is 0 Å². The van der Waals surface area contributed by atoms with Gasteiger partial charge in [-0.1, -0.05) is 6.07 Å². The van der Waals surface area contributed by atoms with Crippen molar-refractivity contribution < 1.29 is 24.1 Å². The lowest BCUT2D eigenvalue weighted by Gasteiger charge is -2.32. The van der Waals surface area contributed by atoms with Gasteiger partial charge in [-0.3, -0.25) is 9.69 Å². The molecule has 0 aliphatic carbocycles. The van der Waals surface area contributed by atoms with E-state index >= 15 is 0 Å². The maximum absolute atomic E-state index is 11.6. The van der Waals surface area contributed by atoms with Crippen LogP contribution >= 0.6 is 0 Å². The summed E-state index contributed by atoms with van der Waals surface area (Å²) in [4.78, 5) is 13.5. The number of hydrogen-bond donors (Lipinski definition) is 1. The van der Waals surface area contributed by atoms with Gasteiger partial charge in [0, 0.05) is 13.1 Å². The Labute approximate surface area is 116 Å². The Balaban J connectivity index is 1.88. The maximum Gasteiger partial charge on any atom is 0.325 e. The Bertz CT molecular complexity index is 498. The molecule has 1 saturated heterocycles. The summed E-state index contributed by atoms with van der Waals surface area (Å²) >= 11 is 0. The lowest BCUT2D eigenvalue weighted by molar-refractivity contribution is -0.145. The van der Waals surface area contributed by atoms with E-state index in [2.05, 4.69) is 0 Å². The number of hydrogen-bond acceptors (Lipinski definition) is 5. The van der Waals surface area contributed by atoms with Crippen LogP contribution in [0.1, 0.15) is 11.6 Å². The summed E-state index contributed by atoms with van der Waals surface area (Å²) in [6.45, 7) is 3.38. The number of rotatable bonds is 3. The second-order valence-electron chi connectivity index (χ2n) is 4.79. The molecule has 0 radical (unpaired) electrons. The summed E-state index contributed by atoms with van der Waals surface area (Å²) in [5.74, 6) is 0.433. The molecule has 0 spiro atoms. The Kier molecular flexibility index (Phi) is 3.75. The molecule has 108 valence electrons. The molecule has 0 aromatic heterocycles. The average molecular weight is 279 g/mol. The van der Waals surface area contributed by atoms with Crippen LogP contribution in [-0.4, -0.2) is 55.5 Å². The summed E-state index contributed by atoms with van der Waals surface area (Å²) in [7, 11) is 0. The molecule has 0 amide bonds. The van der Waals surface area contributed by atoms with E-state index in [-0.39, 0.29) is 0 Å². The molecule has 20 heavy (non-hydrogen) atoms. The van der Waals surface area contributed by atoms with E-state index in [1.54, 1.807) is 18.2 Å². The molecule has 0 saturated carbocycles. The number of aliphatic carboxylic acids is 1. The van der Waals surface area contributed by atoms with Crippen molar-refractivity contribution in [2.75, 3.05) is 39.5 Å². The zero-order chi connectivity index (χ0) is 13.9. The highest BCUT2D eigenvalue weighted by molar-refractivity contribution is 5.76. The standard InChI is InChI=1S/C14H17NO5/c16-14(17)13(15-3-5-18-6-4-15)10-1-2-11-12(9-10)20-8-7-19-11/h1-2,9,13H,3-8H2,(H,16,17). The molecular formula is C14H17NO5. The van der Waals surface area contributed by atoms with Gasteiger partial charge in [-0.25, -0.2) is 0 Å². The van der Waals surface area contributed by atoms with E-state index in [0.717, 1.165) is 0 Å². The number of morpholine rings is 1. The van der Waals surface area contributed by atoms with Crippen LogP contribution < -0.4 is 9.47 Å². The lowest BCUT2D eigenvalue weighted by Crippen LogP contribution is -2.42. The van der Waals surface area contributed by atoms with Crippen molar-refractivity contribution in [2.45, 2.75) is 6.04 Å². The number of nitrogens with zero attached hydrogens (tertiary/aromatic N) is 1. The first kappa shape index (κ1) is 13.2. The highest BCUT2D eigenvalue weighted by Gasteiger charge is 2.29. The van der Waals surface area contributed by atoms with E-state index in [1.165, 1.54) is 0 Å². The first-order valence-electron chi connectivity index (χ1n) is 6.70. The van der Waals surface area contributed by atoms with Gasteiger partial charge in [-0.05, 0) is 17.7 Å². The van der Waals surface area contributed by atoms with Gasteiger partial charge in [0.05, 0.1) is 13.2 Å². The minimum absolute atomic E-state index is 0.492. The van der Waals surface area contributed by atoms with E-state index < -0.39 is 12.0 Å². The minimum atomic E-state index is -0.858. The summed E-state index contributed by atoms with van der Waals surface area (Å²) in [5.41, 5.74) is 0.712. The quantitative estimate of drug-likeness (QED) is 0.887. The van der Waals surface area contributed by atoms with Gasteiger partial charge in [0.15, 0.2) is 11.5 Å². The molecule has 1 atom stereocenters. The van der Waals surface area contributed by atoms with Crippen LogP contribution in [0.5, 0.6) is 11.5 Å².